The molecule has 0 spiro atoms. The normalized spacial score (nSPS) is 12.2. The zero-order valence-electron chi connectivity index (χ0n) is 14.8. The molecule has 0 saturated carbocycles. The molecule has 0 aliphatic carbocycles. The molecule has 0 bridgehead atoms. The van der Waals surface area contributed by atoms with E-state index in [1.807, 2.05) is 36.4 Å². The molecule has 0 amide bonds. The lowest BCUT2D eigenvalue weighted by atomic mass is 10.0. The number of hydrogen-bond donors (Lipinski definition) is 1. The number of phenolic OH excluding ortho intramolecular Hbond substituents is 1. The van der Waals surface area contributed by atoms with E-state index in [4.69, 9.17) is 4.74 Å². The molecule has 2 heteroatoms. The van der Waals surface area contributed by atoms with Crippen LogP contribution in [0, 0.1) is 0 Å². The first-order chi connectivity index (χ1) is 11.8. The Morgan fingerprint density at radius 2 is 1.42 bits per heavy atom. The Kier molecular flexibility index (Phi) is 8.40. The topological polar surface area (TPSA) is 29.5 Å². The molecule has 24 heavy (non-hydrogen) atoms. The van der Waals surface area contributed by atoms with Gasteiger partial charge in [-0.05, 0) is 18.1 Å². The van der Waals surface area contributed by atoms with Crippen LogP contribution in [0.1, 0.15) is 69.1 Å². The molecule has 2 rings (SSSR count). The van der Waals surface area contributed by atoms with Crippen molar-refractivity contribution in [2.75, 3.05) is 6.61 Å². The van der Waals surface area contributed by atoms with Crippen molar-refractivity contribution in [1.29, 1.82) is 0 Å². The third-order valence-electron chi connectivity index (χ3n) is 4.35. The number of ether oxygens (including phenoxy) is 1. The van der Waals surface area contributed by atoms with Gasteiger partial charge >= 0.3 is 0 Å². The van der Waals surface area contributed by atoms with Crippen LogP contribution in [0.3, 0.4) is 0 Å². The molecule has 0 aromatic heterocycles. The molecule has 0 aliphatic heterocycles. The zero-order valence-corrected chi connectivity index (χ0v) is 14.8. The lowest BCUT2D eigenvalue weighted by molar-refractivity contribution is 0.0752. The van der Waals surface area contributed by atoms with Crippen LogP contribution < -0.4 is 0 Å². The van der Waals surface area contributed by atoms with E-state index in [2.05, 4.69) is 19.1 Å². The van der Waals surface area contributed by atoms with Crippen molar-refractivity contribution >= 4 is 0 Å². The highest BCUT2D eigenvalue weighted by molar-refractivity contribution is 5.39. The Bertz CT molecular complexity index is 565. The number of benzene rings is 2. The van der Waals surface area contributed by atoms with E-state index in [1.165, 1.54) is 38.5 Å². The summed E-state index contributed by atoms with van der Waals surface area (Å²) in [6.45, 7) is 2.97. The van der Waals surface area contributed by atoms with E-state index < -0.39 is 0 Å². The lowest BCUT2D eigenvalue weighted by Gasteiger charge is -2.20. The molecule has 0 saturated heterocycles. The van der Waals surface area contributed by atoms with Crippen molar-refractivity contribution in [3.63, 3.8) is 0 Å². The van der Waals surface area contributed by atoms with E-state index in [0.29, 0.717) is 5.75 Å². The molecule has 0 aliphatic rings. The zero-order chi connectivity index (χ0) is 17.0. The van der Waals surface area contributed by atoms with Gasteiger partial charge in [0.2, 0.25) is 0 Å². The summed E-state index contributed by atoms with van der Waals surface area (Å²) in [5.74, 6) is 0.297. The summed E-state index contributed by atoms with van der Waals surface area (Å²) in [5, 5.41) is 10.2. The first-order valence-corrected chi connectivity index (χ1v) is 9.27. The van der Waals surface area contributed by atoms with Crippen molar-refractivity contribution in [3.8, 4) is 5.75 Å². The predicted octanol–water partition coefficient (Wildman–Crippen LogP) is 6.25. The molecule has 2 nitrogen and oxygen atoms in total. The quantitative estimate of drug-likeness (QED) is 0.495. The summed E-state index contributed by atoms with van der Waals surface area (Å²) in [6, 6.07) is 17.6. The van der Waals surface area contributed by atoms with Crippen LogP contribution in [0.15, 0.2) is 54.6 Å². The smallest absolute Gasteiger partial charge is 0.121 e. The van der Waals surface area contributed by atoms with Crippen LogP contribution in [0.25, 0.3) is 0 Å². The Balaban J connectivity index is 1.88. The van der Waals surface area contributed by atoms with Crippen molar-refractivity contribution in [2.24, 2.45) is 0 Å². The highest BCUT2D eigenvalue weighted by Gasteiger charge is 2.17. The summed E-state index contributed by atoms with van der Waals surface area (Å²) in [7, 11) is 0. The van der Waals surface area contributed by atoms with E-state index in [1.54, 1.807) is 6.07 Å². The van der Waals surface area contributed by atoms with E-state index in [9.17, 15) is 5.11 Å². The van der Waals surface area contributed by atoms with Gasteiger partial charge in [-0.15, -0.1) is 0 Å². The third kappa shape index (κ3) is 6.01. The number of aromatic hydroxyl groups is 1. The lowest BCUT2D eigenvalue weighted by Crippen LogP contribution is -2.08. The molecular weight excluding hydrogens is 296 g/mol. The Hall–Kier alpha value is -1.80. The molecular formula is C22H30O2. The summed E-state index contributed by atoms with van der Waals surface area (Å²) < 4.78 is 6.16. The van der Waals surface area contributed by atoms with E-state index >= 15 is 0 Å². The number of phenols is 1. The van der Waals surface area contributed by atoms with Gasteiger partial charge in [0.05, 0.1) is 0 Å². The van der Waals surface area contributed by atoms with Crippen LogP contribution in [0.2, 0.25) is 0 Å². The second-order valence-corrected chi connectivity index (χ2v) is 6.34. The van der Waals surface area contributed by atoms with Crippen molar-refractivity contribution < 1.29 is 9.84 Å². The second kappa shape index (κ2) is 10.9. The Morgan fingerprint density at radius 1 is 0.792 bits per heavy atom. The van der Waals surface area contributed by atoms with Gasteiger partial charge in [0.1, 0.15) is 11.9 Å². The van der Waals surface area contributed by atoms with Crippen LogP contribution in [0.4, 0.5) is 0 Å². The summed E-state index contributed by atoms with van der Waals surface area (Å²) >= 11 is 0. The van der Waals surface area contributed by atoms with Gasteiger partial charge < -0.3 is 9.84 Å². The van der Waals surface area contributed by atoms with Gasteiger partial charge in [0, 0.05) is 12.2 Å². The maximum absolute atomic E-state index is 10.2. The minimum Gasteiger partial charge on any atom is -0.508 e. The fourth-order valence-corrected chi connectivity index (χ4v) is 2.96. The molecule has 1 unspecified atom stereocenters. The predicted molar refractivity (Wildman–Crippen MR) is 100 cm³/mol. The second-order valence-electron chi connectivity index (χ2n) is 6.34. The van der Waals surface area contributed by atoms with Crippen LogP contribution in [0.5, 0.6) is 5.75 Å². The Morgan fingerprint density at radius 3 is 2.12 bits per heavy atom. The highest BCUT2D eigenvalue weighted by atomic mass is 16.5. The molecule has 1 N–H and O–H groups in total. The average Bonchev–Trinajstić information content (AvgIpc) is 2.62. The maximum atomic E-state index is 10.2. The van der Waals surface area contributed by atoms with Crippen LogP contribution in [-0.2, 0) is 4.74 Å². The highest BCUT2D eigenvalue weighted by Crippen LogP contribution is 2.32. The molecule has 2 aromatic rings. The van der Waals surface area contributed by atoms with E-state index in [-0.39, 0.29) is 6.10 Å². The molecule has 1 atom stereocenters. The van der Waals surface area contributed by atoms with Gasteiger partial charge in [-0.3, -0.25) is 0 Å². The van der Waals surface area contributed by atoms with Gasteiger partial charge in [-0.1, -0.05) is 94.0 Å². The molecule has 0 fully saturated rings. The standard InChI is InChI=1S/C22H30O2/c1-2-3-4-5-6-7-13-18-24-22(19-14-9-8-10-15-19)20-16-11-12-17-21(20)23/h8-12,14-17,22-23H,2-7,13,18H2,1H3. The van der Waals surface area contributed by atoms with Crippen LogP contribution in [-0.4, -0.2) is 11.7 Å². The monoisotopic (exact) mass is 326 g/mol. The summed E-state index contributed by atoms with van der Waals surface area (Å²) in [5.41, 5.74) is 1.92. The molecule has 130 valence electrons. The fraction of sp³-hybridized carbons (Fsp3) is 0.455. The molecule has 2 aromatic carbocycles. The Labute approximate surface area is 146 Å². The summed E-state index contributed by atoms with van der Waals surface area (Å²) in [6.07, 6.45) is 8.69. The number of unbranched alkanes of at least 4 members (excludes halogenated alkanes) is 6. The number of para-hydroxylation sites is 1. The first kappa shape index (κ1) is 18.5. The average molecular weight is 326 g/mol. The van der Waals surface area contributed by atoms with Crippen molar-refractivity contribution in [1.82, 2.24) is 0 Å². The summed E-state index contributed by atoms with van der Waals surface area (Å²) in [4.78, 5) is 0. The SMILES string of the molecule is CCCCCCCCCOC(c1ccccc1)c1ccccc1O. The van der Waals surface area contributed by atoms with E-state index in [0.717, 1.165) is 24.2 Å². The van der Waals surface area contributed by atoms with Gasteiger partial charge in [0.15, 0.2) is 0 Å². The minimum atomic E-state index is -0.201. The largest absolute Gasteiger partial charge is 0.508 e. The number of hydrogen-bond acceptors (Lipinski definition) is 2. The molecule has 0 radical (unpaired) electrons. The van der Waals surface area contributed by atoms with Gasteiger partial charge in [0.25, 0.3) is 0 Å². The van der Waals surface area contributed by atoms with Crippen molar-refractivity contribution in [3.05, 3.63) is 65.7 Å². The third-order valence-corrected chi connectivity index (χ3v) is 4.35. The number of rotatable bonds is 11. The fourth-order valence-electron chi connectivity index (χ4n) is 2.96. The van der Waals surface area contributed by atoms with Gasteiger partial charge in [-0.25, -0.2) is 0 Å². The molecule has 0 heterocycles. The first-order valence-electron chi connectivity index (χ1n) is 9.27. The minimum absolute atomic E-state index is 0.201. The van der Waals surface area contributed by atoms with Gasteiger partial charge in [-0.2, -0.15) is 0 Å². The maximum Gasteiger partial charge on any atom is 0.121 e. The van der Waals surface area contributed by atoms with Crippen LogP contribution >= 0.6 is 0 Å². The van der Waals surface area contributed by atoms with Crippen molar-refractivity contribution in [2.45, 2.75) is 58.0 Å².